The third kappa shape index (κ3) is 7.97. The molecule has 2 nitrogen and oxygen atoms in total. The van der Waals surface area contributed by atoms with Crippen LogP contribution in [0.2, 0.25) is 0 Å². The lowest BCUT2D eigenvalue weighted by Crippen LogP contribution is -2.11. The Balaban J connectivity index is 1.18. The molecule has 0 saturated heterocycles. The van der Waals surface area contributed by atoms with Gasteiger partial charge in [0.15, 0.2) is 0 Å². The molecule has 8 rings (SSSR count). The van der Waals surface area contributed by atoms with E-state index in [9.17, 15) is 0 Å². The minimum atomic E-state index is 0.326. The predicted octanol–water partition coefficient (Wildman–Crippen LogP) is 14.4. The molecule has 2 atom stereocenters. The summed E-state index contributed by atoms with van der Waals surface area (Å²) in [4.78, 5) is 2.34. The van der Waals surface area contributed by atoms with Gasteiger partial charge in [0.25, 0.3) is 0 Å². The number of anilines is 3. The topological polar surface area (TPSA) is 12.5 Å². The Morgan fingerprint density at radius 3 is 1.71 bits per heavy atom. The molecule has 1 aliphatic carbocycles. The fraction of sp³-hybridized carbons (Fsp3) is 0.0741. The largest absolute Gasteiger partial charge is 0.497 e. The third-order valence-corrected chi connectivity index (χ3v) is 10.6. The van der Waals surface area contributed by atoms with Crippen molar-refractivity contribution in [2.45, 2.75) is 6.92 Å². The van der Waals surface area contributed by atoms with E-state index in [0.29, 0.717) is 11.8 Å². The van der Waals surface area contributed by atoms with Gasteiger partial charge >= 0.3 is 0 Å². The van der Waals surface area contributed by atoms with Crippen LogP contribution in [-0.2, 0) is 0 Å². The van der Waals surface area contributed by atoms with Gasteiger partial charge in [-0.05, 0) is 98.8 Å². The molecule has 0 radical (unpaired) electrons. The lowest BCUT2D eigenvalue weighted by atomic mass is 9.80. The number of ether oxygens (including phenoxy) is 1. The van der Waals surface area contributed by atoms with E-state index < -0.39 is 0 Å². The average Bonchev–Trinajstić information content (AvgIpc) is 3.27. The number of methoxy groups -OCH3 is 1. The molecule has 0 spiro atoms. The summed E-state index contributed by atoms with van der Waals surface area (Å²) in [6.07, 6.45) is 17.9. The lowest BCUT2D eigenvalue weighted by Gasteiger charge is -2.27. The molecule has 0 saturated carbocycles. The summed E-state index contributed by atoms with van der Waals surface area (Å²) in [5.41, 5.74) is 11.7. The number of benzene rings is 7. The maximum atomic E-state index is 5.55. The van der Waals surface area contributed by atoms with Gasteiger partial charge in [-0.2, -0.15) is 0 Å². The number of allylic oxidation sites excluding steroid dienone is 7. The zero-order valence-electron chi connectivity index (χ0n) is 31.9. The highest BCUT2D eigenvalue weighted by Gasteiger charge is 2.20. The van der Waals surface area contributed by atoms with E-state index in [0.717, 1.165) is 28.4 Å². The smallest absolute Gasteiger partial charge is 0.119 e. The van der Waals surface area contributed by atoms with Gasteiger partial charge in [-0.3, -0.25) is 0 Å². The van der Waals surface area contributed by atoms with Crippen LogP contribution in [0.3, 0.4) is 0 Å². The first-order valence-corrected chi connectivity index (χ1v) is 19.3. The third-order valence-electron chi connectivity index (χ3n) is 10.6. The van der Waals surface area contributed by atoms with E-state index in [1.54, 1.807) is 7.11 Å². The van der Waals surface area contributed by atoms with Crippen molar-refractivity contribution >= 4 is 51.1 Å². The van der Waals surface area contributed by atoms with Crippen molar-refractivity contribution in [2.75, 3.05) is 12.0 Å². The Kier molecular flexibility index (Phi) is 11.0. The Morgan fingerprint density at radius 2 is 1.11 bits per heavy atom. The first-order chi connectivity index (χ1) is 27.7. The van der Waals surface area contributed by atoms with Crippen molar-refractivity contribution in [3.05, 3.63) is 240 Å². The van der Waals surface area contributed by atoms with E-state index in [-0.39, 0.29) is 0 Å². The molecule has 2 unspecified atom stereocenters. The Hall–Kier alpha value is -6.90. The van der Waals surface area contributed by atoms with E-state index in [1.165, 1.54) is 44.2 Å². The van der Waals surface area contributed by atoms with E-state index in [2.05, 4.69) is 224 Å². The SMILES string of the molecule is COc1ccc(N(c2ccc(/C=C/C=C(/c3ccccc3)C3C=CC=CC3C)cc2)c2ccc(C=C(c3ccccc3)c3ccccc3)c3ccccc23)cc1. The number of hydrogen-bond donors (Lipinski definition) is 0. The van der Waals surface area contributed by atoms with Crippen LogP contribution >= 0.6 is 0 Å². The number of fused-ring (bicyclic) bond motifs is 1. The second-order valence-electron chi connectivity index (χ2n) is 14.1. The molecule has 0 heterocycles. The fourth-order valence-electron chi connectivity index (χ4n) is 7.64. The molecule has 56 heavy (non-hydrogen) atoms. The van der Waals surface area contributed by atoms with E-state index >= 15 is 0 Å². The van der Waals surface area contributed by atoms with Crippen LogP contribution < -0.4 is 9.64 Å². The van der Waals surface area contributed by atoms with Crippen molar-refractivity contribution in [2.24, 2.45) is 11.8 Å². The second kappa shape index (κ2) is 17.1. The van der Waals surface area contributed by atoms with Crippen molar-refractivity contribution in [1.29, 1.82) is 0 Å². The Bertz CT molecular complexity index is 2500. The van der Waals surface area contributed by atoms with Crippen molar-refractivity contribution in [3.63, 3.8) is 0 Å². The van der Waals surface area contributed by atoms with Gasteiger partial charge in [0, 0.05) is 22.7 Å². The molecule has 1 aliphatic rings. The van der Waals surface area contributed by atoms with E-state index in [4.69, 9.17) is 4.74 Å². The summed E-state index contributed by atoms with van der Waals surface area (Å²) >= 11 is 0. The zero-order valence-corrected chi connectivity index (χ0v) is 31.9. The highest BCUT2D eigenvalue weighted by molar-refractivity contribution is 6.05. The van der Waals surface area contributed by atoms with Crippen LogP contribution in [0.5, 0.6) is 5.75 Å². The molecule has 0 aliphatic heterocycles. The Labute approximate surface area is 331 Å². The standard InChI is InChI=1S/C54H45NO/c1-40-17-12-13-25-49(40)50(42-19-6-3-7-20-42)28-16-18-41-29-32-46(33-30-41)55(47-34-36-48(56-2)37-35-47)54-38-31-45(51-26-14-15-27-52(51)54)39-53(43-21-8-4-9-22-43)44-23-10-5-11-24-44/h3-40,49H,1-2H3/b18-16+,50-28-. The van der Waals surface area contributed by atoms with Gasteiger partial charge < -0.3 is 9.64 Å². The number of nitrogens with zero attached hydrogens (tertiary/aromatic N) is 1. The van der Waals surface area contributed by atoms with Crippen LogP contribution in [0.25, 0.3) is 34.1 Å². The molecule has 0 fully saturated rings. The zero-order chi connectivity index (χ0) is 38.1. The maximum Gasteiger partial charge on any atom is 0.119 e. The van der Waals surface area contributed by atoms with Crippen LogP contribution in [0.4, 0.5) is 17.1 Å². The molecule has 0 aromatic heterocycles. The molecule has 2 heteroatoms. The summed E-state index contributed by atoms with van der Waals surface area (Å²) in [5, 5.41) is 2.35. The van der Waals surface area contributed by atoms with Crippen molar-refractivity contribution in [1.82, 2.24) is 0 Å². The van der Waals surface area contributed by atoms with Crippen LogP contribution in [-0.4, -0.2) is 7.11 Å². The van der Waals surface area contributed by atoms with Gasteiger partial charge in [-0.15, -0.1) is 0 Å². The summed E-state index contributed by atoms with van der Waals surface area (Å²) in [6, 6.07) is 62.4. The fourth-order valence-corrected chi connectivity index (χ4v) is 7.64. The predicted molar refractivity (Wildman–Crippen MR) is 239 cm³/mol. The highest BCUT2D eigenvalue weighted by atomic mass is 16.5. The molecule has 0 amide bonds. The number of rotatable bonds is 11. The molecular weight excluding hydrogens is 679 g/mol. The maximum absolute atomic E-state index is 5.55. The van der Waals surface area contributed by atoms with Gasteiger partial charge in [0.1, 0.15) is 5.75 Å². The quantitative estimate of drug-likeness (QED) is 0.0973. The molecule has 7 aromatic rings. The summed E-state index contributed by atoms with van der Waals surface area (Å²) < 4.78 is 5.55. The van der Waals surface area contributed by atoms with Gasteiger partial charge in [-0.1, -0.05) is 183 Å². The van der Waals surface area contributed by atoms with Crippen LogP contribution in [0.1, 0.15) is 34.7 Å². The van der Waals surface area contributed by atoms with E-state index in [1.807, 2.05) is 12.1 Å². The lowest BCUT2D eigenvalue weighted by molar-refractivity contribution is 0.415. The summed E-state index contributed by atoms with van der Waals surface area (Å²) in [6.45, 7) is 2.29. The summed E-state index contributed by atoms with van der Waals surface area (Å²) in [7, 11) is 1.71. The van der Waals surface area contributed by atoms with Gasteiger partial charge in [-0.25, -0.2) is 0 Å². The average molecular weight is 724 g/mol. The Morgan fingerprint density at radius 1 is 0.554 bits per heavy atom. The van der Waals surface area contributed by atoms with Crippen LogP contribution in [0.15, 0.2) is 212 Å². The normalized spacial score (nSPS) is 15.2. The minimum Gasteiger partial charge on any atom is -0.497 e. The molecule has 0 N–H and O–H groups in total. The molecule has 272 valence electrons. The van der Waals surface area contributed by atoms with Gasteiger partial charge in [0.2, 0.25) is 0 Å². The van der Waals surface area contributed by atoms with Gasteiger partial charge in [0.05, 0.1) is 12.8 Å². The first-order valence-electron chi connectivity index (χ1n) is 19.3. The number of hydrogen-bond acceptors (Lipinski definition) is 2. The van der Waals surface area contributed by atoms with Crippen molar-refractivity contribution in [3.8, 4) is 5.75 Å². The monoisotopic (exact) mass is 723 g/mol. The van der Waals surface area contributed by atoms with Crippen LogP contribution in [0, 0.1) is 11.8 Å². The van der Waals surface area contributed by atoms with Crippen molar-refractivity contribution < 1.29 is 4.74 Å². The highest BCUT2D eigenvalue weighted by Crippen LogP contribution is 2.41. The summed E-state index contributed by atoms with van der Waals surface area (Å²) in [5.74, 6) is 1.58. The molecule has 0 bridgehead atoms. The molecular formula is C54H45NO. The minimum absolute atomic E-state index is 0.326. The second-order valence-corrected chi connectivity index (χ2v) is 14.1. The first kappa shape index (κ1) is 36.1. The molecule has 7 aromatic carbocycles.